The van der Waals surface area contributed by atoms with Crippen molar-refractivity contribution in [2.75, 3.05) is 0 Å². The van der Waals surface area contributed by atoms with E-state index in [4.69, 9.17) is 15.7 Å². The van der Waals surface area contributed by atoms with Gasteiger partial charge in [-0.05, 0) is 24.6 Å². The van der Waals surface area contributed by atoms with E-state index in [9.17, 15) is 8.42 Å². The molecule has 5 nitrogen and oxygen atoms in total. The molecule has 0 aromatic heterocycles. The van der Waals surface area contributed by atoms with Gasteiger partial charge in [0.1, 0.15) is 0 Å². The third-order valence-electron chi connectivity index (χ3n) is 2.56. The lowest BCUT2D eigenvalue weighted by molar-refractivity contribution is 0.483. The van der Waals surface area contributed by atoms with Gasteiger partial charge in [0.15, 0.2) is 5.17 Å². The number of rotatable bonds is 3. The molecule has 0 aliphatic heterocycles. The number of benzene rings is 2. The standard InChI is InChI=1S/C8H10N2S.C7H8O3S/c9-8(10)11-6-7-4-2-1-3-5-7;1-6-2-4-7(5-3-6)11(8,9)10/h1-5H,6H2,(H3,9,10);2-5H,1H3,(H,8,9,10). The smallest absolute Gasteiger partial charge is 0.294 e. The van der Waals surface area contributed by atoms with Crippen LogP contribution in [0.4, 0.5) is 0 Å². The molecule has 0 saturated carbocycles. The first-order chi connectivity index (χ1) is 10.3. The van der Waals surface area contributed by atoms with Crippen LogP contribution in [0.1, 0.15) is 11.1 Å². The van der Waals surface area contributed by atoms with Crippen molar-refractivity contribution in [3.8, 4) is 0 Å². The zero-order valence-corrected chi connectivity index (χ0v) is 13.7. The molecule has 2 rings (SSSR count). The largest absolute Gasteiger partial charge is 0.379 e. The van der Waals surface area contributed by atoms with Crippen molar-refractivity contribution in [1.82, 2.24) is 0 Å². The highest BCUT2D eigenvalue weighted by atomic mass is 32.2. The number of nitrogens with one attached hydrogen (secondary N) is 1. The van der Waals surface area contributed by atoms with Crippen molar-refractivity contribution in [2.24, 2.45) is 5.73 Å². The Kier molecular flexibility index (Phi) is 7.10. The zero-order chi connectivity index (χ0) is 16.6. The Morgan fingerprint density at radius 3 is 2.14 bits per heavy atom. The normalized spacial score (nSPS) is 10.5. The Bertz CT molecular complexity index is 699. The van der Waals surface area contributed by atoms with Crippen LogP contribution in [0.2, 0.25) is 0 Å². The summed E-state index contributed by atoms with van der Waals surface area (Å²) in [5.74, 6) is 0.788. The van der Waals surface area contributed by atoms with Gasteiger partial charge < -0.3 is 5.73 Å². The number of amidine groups is 1. The Balaban J connectivity index is 0.000000220. The van der Waals surface area contributed by atoms with Crippen LogP contribution in [0.3, 0.4) is 0 Å². The van der Waals surface area contributed by atoms with Crippen molar-refractivity contribution < 1.29 is 13.0 Å². The average molecular weight is 338 g/mol. The zero-order valence-electron chi connectivity index (χ0n) is 12.1. The van der Waals surface area contributed by atoms with Gasteiger partial charge in [-0.2, -0.15) is 8.42 Å². The number of hydrogen-bond donors (Lipinski definition) is 3. The molecule has 7 heteroatoms. The molecule has 4 N–H and O–H groups in total. The predicted octanol–water partition coefficient (Wildman–Crippen LogP) is 3.05. The second-order valence-corrected chi connectivity index (χ2v) is 6.87. The second-order valence-electron chi connectivity index (χ2n) is 4.43. The van der Waals surface area contributed by atoms with Crippen LogP contribution in [0.15, 0.2) is 59.5 Å². The monoisotopic (exact) mass is 338 g/mol. The first-order valence-corrected chi connectivity index (χ1v) is 8.76. The van der Waals surface area contributed by atoms with Gasteiger partial charge in [0.25, 0.3) is 10.1 Å². The fraction of sp³-hybridized carbons (Fsp3) is 0.133. The van der Waals surface area contributed by atoms with Crippen molar-refractivity contribution in [1.29, 1.82) is 5.41 Å². The molecule has 22 heavy (non-hydrogen) atoms. The van der Waals surface area contributed by atoms with Crippen LogP contribution >= 0.6 is 11.8 Å². The van der Waals surface area contributed by atoms with Crippen molar-refractivity contribution >= 4 is 27.0 Å². The minimum Gasteiger partial charge on any atom is -0.379 e. The Morgan fingerprint density at radius 2 is 1.68 bits per heavy atom. The SMILES string of the molecule is Cc1ccc(S(=O)(=O)O)cc1.N=C(N)SCc1ccccc1. The maximum Gasteiger partial charge on any atom is 0.294 e. The summed E-state index contributed by atoms with van der Waals surface area (Å²) < 4.78 is 29.6. The quantitative estimate of drug-likeness (QED) is 0.453. The number of aryl methyl sites for hydroxylation is 1. The third-order valence-corrected chi connectivity index (χ3v) is 4.21. The van der Waals surface area contributed by atoms with E-state index in [1.807, 2.05) is 37.3 Å². The topological polar surface area (TPSA) is 104 Å². The molecule has 0 spiro atoms. The molecule has 0 saturated heterocycles. The van der Waals surface area contributed by atoms with Crippen molar-refractivity contribution in [3.63, 3.8) is 0 Å². The van der Waals surface area contributed by atoms with Gasteiger partial charge in [-0.1, -0.05) is 59.8 Å². The van der Waals surface area contributed by atoms with Crippen molar-refractivity contribution in [2.45, 2.75) is 17.6 Å². The van der Waals surface area contributed by atoms with E-state index in [2.05, 4.69) is 0 Å². The van der Waals surface area contributed by atoms with Crippen LogP contribution in [0.5, 0.6) is 0 Å². The van der Waals surface area contributed by atoms with E-state index in [-0.39, 0.29) is 10.1 Å². The minimum atomic E-state index is -4.02. The fourth-order valence-corrected chi connectivity index (χ4v) is 2.44. The lowest BCUT2D eigenvalue weighted by atomic mass is 10.2. The Labute approximate surface area is 134 Å². The Hall–Kier alpha value is -1.83. The van der Waals surface area contributed by atoms with Crippen LogP contribution in [-0.4, -0.2) is 18.1 Å². The van der Waals surface area contributed by atoms with Crippen LogP contribution in [0.25, 0.3) is 0 Å². The number of hydrogen-bond acceptors (Lipinski definition) is 4. The van der Waals surface area contributed by atoms with Crippen LogP contribution in [-0.2, 0) is 15.9 Å². The highest BCUT2D eigenvalue weighted by molar-refractivity contribution is 8.13. The highest BCUT2D eigenvalue weighted by Gasteiger charge is 2.06. The molecule has 2 aromatic rings. The number of nitrogens with two attached hydrogens (primary N) is 1. The lowest BCUT2D eigenvalue weighted by Crippen LogP contribution is -2.03. The molecule has 0 fully saturated rings. The summed E-state index contributed by atoms with van der Waals surface area (Å²) in [6.07, 6.45) is 0. The third kappa shape index (κ3) is 7.26. The molecular formula is C15H18N2O3S2. The predicted molar refractivity (Wildman–Crippen MR) is 90.6 cm³/mol. The first-order valence-electron chi connectivity index (χ1n) is 6.34. The highest BCUT2D eigenvalue weighted by Crippen LogP contribution is 2.10. The van der Waals surface area contributed by atoms with E-state index < -0.39 is 10.1 Å². The summed E-state index contributed by atoms with van der Waals surface area (Å²) >= 11 is 1.35. The van der Waals surface area contributed by atoms with Gasteiger partial charge in [0, 0.05) is 5.75 Å². The maximum atomic E-state index is 10.5. The maximum absolute atomic E-state index is 10.5. The van der Waals surface area contributed by atoms with Crippen LogP contribution in [0, 0.1) is 12.3 Å². The molecule has 0 heterocycles. The van der Waals surface area contributed by atoms with Gasteiger partial charge in [-0.3, -0.25) is 9.96 Å². The number of thioether (sulfide) groups is 1. The molecule has 0 aliphatic rings. The summed E-state index contributed by atoms with van der Waals surface area (Å²) in [6.45, 7) is 1.84. The fourth-order valence-electron chi connectivity index (χ4n) is 1.45. The summed E-state index contributed by atoms with van der Waals surface area (Å²) in [4.78, 5) is -0.0666. The minimum absolute atomic E-state index is 0.0666. The van der Waals surface area contributed by atoms with E-state index in [1.165, 1.54) is 29.5 Å². The molecule has 0 atom stereocenters. The molecule has 0 unspecified atom stereocenters. The first kappa shape index (κ1) is 18.2. The van der Waals surface area contributed by atoms with Gasteiger partial charge in [-0.15, -0.1) is 0 Å². The van der Waals surface area contributed by atoms with E-state index in [0.29, 0.717) is 0 Å². The summed E-state index contributed by atoms with van der Waals surface area (Å²) in [5.41, 5.74) is 7.34. The summed E-state index contributed by atoms with van der Waals surface area (Å²) in [6, 6.07) is 16.0. The van der Waals surface area contributed by atoms with E-state index >= 15 is 0 Å². The van der Waals surface area contributed by atoms with Gasteiger partial charge >= 0.3 is 0 Å². The Morgan fingerprint density at radius 1 is 1.14 bits per heavy atom. The van der Waals surface area contributed by atoms with E-state index in [0.717, 1.165) is 11.3 Å². The molecule has 0 amide bonds. The van der Waals surface area contributed by atoms with Gasteiger partial charge in [0.05, 0.1) is 4.90 Å². The summed E-state index contributed by atoms with van der Waals surface area (Å²) in [7, 11) is -4.02. The molecule has 0 bridgehead atoms. The lowest BCUT2D eigenvalue weighted by Gasteiger charge is -1.97. The van der Waals surface area contributed by atoms with Gasteiger partial charge in [0.2, 0.25) is 0 Å². The average Bonchev–Trinajstić information content (AvgIpc) is 2.46. The van der Waals surface area contributed by atoms with Crippen LogP contribution < -0.4 is 5.73 Å². The molecular weight excluding hydrogens is 320 g/mol. The summed E-state index contributed by atoms with van der Waals surface area (Å²) in [5, 5.41) is 7.16. The van der Waals surface area contributed by atoms with Gasteiger partial charge in [-0.25, -0.2) is 0 Å². The molecule has 0 aliphatic carbocycles. The second kappa shape index (κ2) is 8.57. The van der Waals surface area contributed by atoms with E-state index in [1.54, 1.807) is 12.1 Å². The molecule has 0 radical (unpaired) electrons. The molecule has 2 aromatic carbocycles. The van der Waals surface area contributed by atoms with Crippen molar-refractivity contribution in [3.05, 3.63) is 65.7 Å². The molecule has 118 valence electrons.